The number of carbonyl (C=O) groups excluding carboxylic acids is 1. The van der Waals surface area contributed by atoms with E-state index in [9.17, 15) is 14.7 Å². The second-order valence-electron chi connectivity index (χ2n) is 5.50. The molecule has 0 spiro atoms. The minimum atomic E-state index is -0.959. The Bertz CT molecular complexity index is 512. The molecule has 2 rings (SSSR count). The summed E-state index contributed by atoms with van der Waals surface area (Å²) in [5.74, 6) is -1.41. The van der Waals surface area contributed by atoms with Crippen LogP contribution < -0.4 is 5.32 Å². The molecule has 3 atom stereocenters. The summed E-state index contributed by atoms with van der Waals surface area (Å²) in [6.07, 6.45) is 2.37. The summed E-state index contributed by atoms with van der Waals surface area (Å²) in [6.45, 7) is 3.78. The van der Waals surface area contributed by atoms with Crippen molar-refractivity contribution in [1.29, 1.82) is 0 Å². The third-order valence-electron chi connectivity index (χ3n) is 4.23. The van der Waals surface area contributed by atoms with Crippen LogP contribution in [0.25, 0.3) is 0 Å². The zero-order chi connectivity index (χ0) is 14.7. The molecule has 4 heteroatoms. The molecule has 20 heavy (non-hydrogen) atoms. The van der Waals surface area contributed by atoms with E-state index in [1.165, 1.54) is 5.56 Å². The van der Waals surface area contributed by atoms with Crippen molar-refractivity contribution in [2.45, 2.75) is 45.1 Å². The van der Waals surface area contributed by atoms with Crippen molar-refractivity contribution in [3.8, 4) is 0 Å². The lowest BCUT2D eigenvalue weighted by atomic mass is 9.96. The molecule has 1 aromatic carbocycles. The number of carboxylic acid groups (broad SMARTS) is 1. The van der Waals surface area contributed by atoms with E-state index in [0.717, 1.165) is 24.8 Å². The van der Waals surface area contributed by atoms with Crippen LogP contribution in [0.15, 0.2) is 24.3 Å². The molecule has 1 aliphatic carbocycles. The molecule has 0 saturated carbocycles. The van der Waals surface area contributed by atoms with Gasteiger partial charge in [0.25, 0.3) is 0 Å². The Balaban J connectivity index is 2.11. The number of carboxylic acids is 1. The molecular formula is C16H21NO3. The van der Waals surface area contributed by atoms with E-state index in [4.69, 9.17) is 0 Å². The molecule has 108 valence electrons. The maximum atomic E-state index is 12.4. The lowest BCUT2D eigenvalue weighted by Gasteiger charge is -2.22. The van der Waals surface area contributed by atoms with Crippen molar-refractivity contribution in [3.05, 3.63) is 35.4 Å². The highest BCUT2D eigenvalue weighted by Crippen LogP contribution is 2.33. The van der Waals surface area contributed by atoms with Gasteiger partial charge in [-0.1, -0.05) is 44.5 Å². The molecular weight excluding hydrogens is 254 g/mol. The molecule has 0 radical (unpaired) electrons. The Kier molecular flexibility index (Phi) is 4.42. The van der Waals surface area contributed by atoms with Gasteiger partial charge in [-0.2, -0.15) is 0 Å². The highest BCUT2D eigenvalue weighted by molar-refractivity contribution is 5.89. The van der Waals surface area contributed by atoms with Crippen LogP contribution >= 0.6 is 0 Å². The number of nitrogens with one attached hydrogen (secondary N) is 1. The van der Waals surface area contributed by atoms with Gasteiger partial charge in [0.05, 0.1) is 5.92 Å². The fraction of sp³-hybridized carbons (Fsp3) is 0.500. The molecule has 2 N–H and O–H groups in total. The molecule has 1 aromatic rings. The summed E-state index contributed by atoms with van der Waals surface area (Å²) in [7, 11) is 0. The highest BCUT2D eigenvalue weighted by atomic mass is 16.4. The van der Waals surface area contributed by atoms with Gasteiger partial charge in [0.2, 0.25) is 5.91 Å². The van der Waals surface area contributed by atoms with Gasteiger partial charge in [-0.25, -0.2) is 4.79 Å². The van der Waals surface area contributed by atoms with Gasteiger partial charge >= 0.3 is 5.97 Å². The van der Waals surface area contributed by atoms with E-state index in [0.29, 0.717) is 0 Å². The van der Waals surface area contributed by atoms with Crippen molar-refractivity contribution in [1.82, 2.24) is 5.32 Å². The number of hydrogen-bond donors (Lipinski definition) is 2. The third kappa shape index (κ3) is 2.84. The molecule has 0 bridgehead atoms. The number of benzene rings is 1. The SMILES string of the molecule is CC[C@H](C)[C@H](NC(=O)C1CCc2ccccc21)C(=O)O. The van der Waals surface area contributed by atoms with Crippen LogP contribution in [-0.2, 0) is 16.0 Å². The summed E-state index contributed by atoms with van der Waals surface area (Å²) >= 11 is 0. The van der Waals surface area contributed by atoms with Gasteiger partial charge in [-0.15, -0.1) is 0 Å². The zero-order valence-corrected chi connectivity index (χ0v) is 11.9. The molecule has 1 unspecified atom stereocenters. The predicted octanol–water partition coefficient (Wildman–Crippen LogP) is 2.33. The minimum Gasteiger partial charge on any atom is -0.480 e. The van der Waals surface area contributed by atoms with E-state index >= 15 is 0 Å². The predicted molar refractivity (Wildman–Crippen MR) is 76.5 cm³/mol. The van der Waals surface area contributed by atoms with Gasteiger partial charge in [-0.05, 0) is 29.9 Å². The summed E-state index contributed by atoms with van der Waals surface area (Å²) in [6, 6.07) is 7.09. The van der Waals surface area contributed by atoms with Crippen molar-refractivity contribution < 1.29 is 14.7 Å². The number of aliphatic carboxylic acids is 1. The van der Waals surface area contributed by atoms with E-state index in [1.807, 2.05) is 38.1 Å². The van der Waals surface area contributed by atoms with Gasteiger partial charge in [-0.3, -0.25) is 4.79 Å². The van der Waals surface area contributed by atoms with Crippen LogP contribution in [0.1, 0.15) is 43.7 Å². The second-order valence-corrected chi connectivity index (χ2v) is 5.50. The first kappa shape index (κ1) is 14.6. The molecule has 0 heterocycles. The summed E-state index contributed by atoms with van der Waals surface area (Å²) in [5, 5.41) is 12.0. The molecule has 4 nitrogen and oxygen atoms in total. The van der Waals surface area contributed by atoms with Gasteiger partial charge in [0.1, 0.15) is 6.04 Å². The lowest BCUT2D eigenvalue weighted by molar-refractivity contribution is -0.143. The van der Waals surface area contributed by atoms with Crippen LogP contribution in [-0.4, -0.2) is 23.0 Å². The van der Waals surface area contributed by atoms with Gasteiger partial charge in [0, 0.05) is 0 Å². The fourth-order valence-corrected chi connectivity index (χ4v) is 2.77. The fourth-order valence-electron chi connectivity index (χ4n) is 2.77. The van der Waals surface area contributed by atoms with E-state index in [-0.39, 0.29) is 17.7 Å². The second kappa shape index (κ2) is 6.07. The quantitative estimate of drug-likeness (QED) is 0.866. The molecule has 1 aliphatic rings. The minimum absolute atomic E-state index is 0.0758. The smallest absolute Gasteiger partial charge is 0.326 e. The average molecular weight is 275 g/mol. The van der Waals surface area contributed by atoms with E-state index in [1.54, 1.807) is 0 Å². The van der Waals surface area contributed by atoms with Gasteiger partial charge in [0.15, 0.2) is 0 Å². The summed E-state index contributed by atoms with van der Waals surface area (Å²) in [5.41, 5.74) is 2.24. The Morgan fingerprint density at radius 1 is 1.40 bits per heavy atom. The Morgan fingerprint density at radius 3 is 2.75 bits per heavy atom. The Labute approximate surface area is 119 Å². The summed E-state index contributed by atoms with van der Waals surface area (Å²) in [4.78, 5) is 23.6. The van der Waals surface area contributed by atoms with Crippen LogP contribution in [0.3, 0.4) is 0 Å². The standard InChI is InChI=1S/C16H21NO3/c1-3-10(2)14(16(19)20)17-15(18)13-9-8-11-6-4-5-7-12(11)13/h4-7,10,13-14H,3,8-9H2,1-2H3,(H,17,18)(H,19,20)/t10-,13?,14-/m0/s1. The zero-order valence-electron chi connectivity index (χ0n) is 11.9. The van der Waals surface area contributed by atoms with Crippen molar-refractivity contribution in [2.24, 2.45) is 5.92 Å². The van der Waals surface area contributed by atoms with Crippen molar-refractivity contribution in [3.63, 3.8) is 0 Å². The maximum absolute atomic E-state index is 12.4. The third-order valence-corrected chi connectivity index (χ3v) is 4.23. The molecule has 0 aromatic heterocycles. The Hall–Kier alpha value is -1.84. The van der Waals surface area contributed by atoms with Gasteiger partial charge < -0.3 is 10.4 Å². The molecule has 0 fully saturated rings. The van der Waals surface area contributed by atoms with Crippen LogP contribution in [0.4, 0.5) is 0 Å². The number of carbonyl (C=O) groups is 2. The highest BCUT2D eigenvalue weighted by Gasteiger charge is 2.32. The molecule has 0 saturated heterocycles. The lowest BCUT2D eigenvalue weighted by Crippen LogP contribution is -2.46. The number of rotatable bonds is 5. The first-order chi connectivity index (χ1) is 9.54. The van der Waals surface area contributed by atoms with E-state index in [2.05, 4.69) is 5.32 Å². The van der Waals surface area contributed by atoms with Crippen molar-refractivity contribution in [2.75, 3.05) is 0 Å². The van der Waals surface area contributed by atoms with Crippen LogP contribution in [0.2, 0.25) is 0 Å². The number of hydrogen-bond acceptors (Lipinski definition) is 2. The normalized spacial score (nSPS) is 20.0. The van der Waals surface area contributed by atoms with Crippen LogP contribution in [0, 0.1) is 5.92 Å². The first-order valence-electron chi connectivity index (χ1n) is 7.15. The van der Waals surface area contributed by atoms with Crippen molar-refractivity contribution >= 4 is 11.9 Å². The number of fused-ring (bicyclic) bond motifs is 1. The maximum Gasteiger partial charge on any atom is 0.326 e. The topological polar surface area (TPSA) is 66.4 Å². The summed E-state index contributed by atoms with van der Waals surface area (Å²) < 4.78 is 0. The largest absolute Gasteiger partial charge is 0.480 e. The monoisotopic (exact) mass is 275 g/mol. The number of aryl methyl sites for hydroxylation is 1. The first-order valence-corrected chi connectivity index (χ1v) is 7.15. The van der Waals surface area contributed by atoms with Crippen LogP contribution in [0.5, 0.6) is 0 Å². The average Bonchev–Trinajstić information content (AvgIpc) is 2.87. The van der Waals surface area contributed by atoms with E-state index < -0.39 is 12.0 Å². The number of amides is 1. The molecule has 0 aliphatic heterocycles. The Morgan fingerprint density at radius 2 is 2.10 bits per heavy atom. The molecule has 1 amide bonds.